The molecule has 1 rings (SSSR count). The van der Waals surface area contributed by atoms with Crippen LogP contribution in [0.15, 0.2) is 12.1 Å². The lowest BCUT2D eigenvalue weighted by Gasteiger charge is -2.32. The summed E-state index contributed by atoms with van der Waals surface area (Å²) in [5.74, 6) is 0.448. The van der Waals surface area contributed by atoms with E-state index in [2.05, 4.69) is 67.8 Å². The maximum absolute atomic E-state index is 10.8. The van der Waals surface area contributed by atoms with E-state index in [0.717, 1.165) is 28.8 Å². The molecule has 0 atom stereocenters. The van der Waals surface area contributed by atoms with Gasteiger partial charge >= 0.3 is 0 Å². The first-order valence-electron chi connectivity index (χ1n) is 8.54. The number of hydrogen-bond acceptors (Lipinski definition) is 2. The van der Waals surface area contributed by atoms with Crippen LogP contribution in [0.3, 0.4) is 0 Å². The molecule has 23 heavy (non-hydrogen) atoms. The van der Waals surface area contributed by atoms with E-state index in [4.69, 9.17) is 4.74 Å². The summed E-state index contributed by atoms with van der Waals surface area (Å²) in [6, 6.07) is 4.33. The molecule has 0 saturated heterocycles. The molecule has 0 aliphatic carbocycles. The maximum Gasteiger partial charge on any atom is 0.182 e. The fourth-order valence-corrected chi connectivity index (χ4v) is 2.81. The topological polar surface area (TPSA) is 29.5 Å². The molecule has 0 spiro atoms. The Labute approximate surface area is 142 Å². The number of aromatic hydroxyl groups is 1. The number of quaternary nitrogens is 1. The molecule has 132 valence electrons. The van der Waals surface area contributed by atoms with Gasteiger partial charge in [0, 0.05) is 23.3 Å². The summed E-state index contributed by atoms with van der Waals surface area (Å²) in [4.78, 5) is 0. The minimum atomic E-state index is -0.0862. The van der Waals surface area contributed by atoms with Crippen LogP contribution >= 0.6 is 0 Å². The average molecular weight is 323 g/mol. The second-order valence-corrected chi connectivity index (χ2v) is 9.26. The Morgan fingerprint density at radius 1 is 0.957 bits per heavy atom. The SMILES string of the molecule is CCOC[N+](C)(C)Cc1cc(C(C)(C)C)c(O)c(C(C)(C)C)c1. The number of nitrogens with zero attached hydrogens (tertiary/aromatic N) is 1. The largest absolute Gasteiger partial charge is 0.507 e. The van der Waals surface area contributed by atoms with Gasteiger partial charge in [-0.1, -0.05) is 41.5 Å². The van der Waals surface area contributed by atoms with E-state index >= 15 is 0 Å². The zero-order chi connectivity index (χ0) is 18.1. The van der Waals surface area contributed by atoms with Crippen molar-refractivity contribution in [2.24, 2.45) is 0 Å². The van der Waals surface area contributed by atoms with E-state index in [9.17, 15) is 5.11 Å². The quantitative estimate of drug-likeness (QED) is 0.636. The molecule has 0 aliphatic rings. The molecular weight excluding hydrogens is 286 g/mol. The molecule has 1 aromatic rings. The molecule has 0 aliphatic heterocycles. The van der Waals surface area contributed by atoms with Crippen LogP contribution in [-0.2, 0) is 22.1 Å². The summed E-state index contributed by atoms with van der Waals surface area (Å²) < 4.78 is 6.38. The standard InChI is InChI=1S/C20H35NO2/c1-10-23-14-21(8,9)13-15-11-16(19(2,3)4)18(22)17(12-15)20(5,6)7/h11-12H,10,13-14H2,1-9H3/p+1. The highest BCUT2D eigenvalue weighted by Crippen LogP contribution is 2.40. The van der Waals surface area contributed by atoms with Crippen LogP contribution in [-0.4, -0.2) is 37.0 Å². The second-order valence-electron chi connectivity index (χ2n) is 9.26. The Morgan fingerprint density at radius 3 is 1.74 bits per heavy atom. The van der Waals surface area contributed by atoms with Gasteiger partial charge in [0.2, 0.25) is 0 Å². The first-order valence-corrected chi connectivity index (χ1v) is 8.54. The van der Waals surface area contributed by atoms with Crippen molar-refractivity contribution in [3.05, 3.63) is 28.8 Å². The fraction of sp³-hybridized carbons (Fsp3) is 0.700. The fourth-order valence-electron chi connectivity index (χ4n) is 2.81. The van der Waals surface area contributed by atoms with E-state index in [1.807, 2.05) is 6.92 Å². The number of phenols is 1. The molecule has 1 aromatic carbocycles. The van der Waals surface area contributed by atoms with Gasteiger partial charge in [0.15, 0.2) is 6.73 Å². The van der Waals surface area contributed by atoms with Crippen molar-refractivity contribution in [2.75, 3.05) is 27.4 Å². The van der Waals surface area contributed by atoms with Gasteiger partial charge in [-0.25, -0.2) is 0 Å². The number of benzene rings is 1. The Hall–Kier alpha value is -1.06. The smallest absolute Gasteiger partial charge is 0.182 e. The van der Waals surface area contributed by atoms with Crippen molar-refractivity contribution < 1.29 is 14.3 Å². The first kappa shape index (κ1) is 20.0. The number of rotatable bonds is 5. The van der Waals surface area contributed by atoms with Crippen molar-refractivity contribution in [3.63, 3.8) is 0 Å². The molecule has 3 nitrogen and oxygen atoms in total. The first-order chi connectivity index (χ1) is 10.3. The molecule has 0 bridgehead atoms. The van der Waals surface area contributed by atoms with Crippen molar-refractivity contribution in [1.82, 2.24) is 0 Å². The lowest BCUT2D eigenvalue weighted by molar-refractivity contribution is -0.922. The molecule has 0 amide bonds. The predicted octanol–water partition coefficient (Wildman–Crippen LogP) is 4.56. The zero-order valence-corrected chi connectivity index (χ0v) is 16.6. The normalized spacial score (nSPS) is 13.4. The van der Waals surface area contributed by atoms with Crippen molar-refractivity contribution in [2.45, 2.75) is 65.8 Å². The van der Waals surface area contributed by atoms with Crippen LogP contribution in [0.1, 0.15) is 65.2 Å². The van der Waals surface area contributed by atoms with Gasteiger partial charge in [0.1, 0.15) is 12.3 Å². The molecule has 0 saturated carbocycles. The molecule has 0 heterocycles. The van der Waals surface area contributed by atoms with Crippen molar-refractivity contribution in [1.29, 1.82) is 0 Å². The summed E-state index contributed by atoms with van der Waals surface area (Å²) in [7, 11) is 4.35. The summed E-state index contributed by atoms with van der Waals surface area (Å²) in [5, 5.41) is 10.8. The molecule has 0 aromatic heterocycles. The molecule has 1 N–H and O–H groups in total. The number of hydrogen-bond donors (Lipinski definition) is 1. The molecule has 3 heteroatoms. The highest BCUT2D eigenvalue weighted by Gasteiger charge is 2.28. The highest BCUT2D eigenvalue weighted by molar-refractivity contribution is 5.49. The third kappa shape index (κ3) is 5.50. The maximum atomic E-state index is 10.8. The van der Waals surface area contributed by atoms with E-state index in [0.29, 0.717) is 12.5 Å². The summed E-state index contributed by atoms with van der Waals surface area (Å²) >= 11 is 0. The third-order valence-corrected chi connectivity index (χ3v) is 4.04. The Bertz CT molecular complexity index is 499. The van der Waals surface area contributed by atoms with E-state index < -0.39 is 0 Å². The van der Waals surface area contributed by atoms with Gasteiger partial charge in [-0.2, -0.15) is 0 Å². The van der Waals surface area contributed by atoms with E-state index in [-0.39, 0.29) is 10.8 Å². The van der Waals surface area contributed by atoms with Gasteiger partial charge in [0.05, 0.1) is 14.1 Å². The summed E-state index contributed by atoms with van der Waals surface area (Å²) in [5.41, 5.74) is 3.13. The van der Waals surface area contributed by atoms with Crippen LogP contribution in [0.5, 0.6) is 5.75 Å². The van der Waals surface area contributed by atoms with Crippen LogP contribution in [0, 0.1) is 0 Å². The van der Waals surface area contributed by atoms with Crippen molar-refractivity contribution >= 4 is 0 Å². The zero-order valence-electron chi connectivity index (χ0n) is 16.6. The third-order valence-electron chi connectivity index (χ3n) is 4.04. The number of phenolic OH excluding ortho intramolecular Hbond substituents is 1. The van der Waals surface area contributed by atoms with E-state index in [1.165, 1.54) is 5.56 Å². The lowest BCUT2D eigenvalue weighted by Crippen LogP contribution is -2.40. The van der Waals surface area contributed by atoms with Crippen LogP contribution in [0.25, 0.3) is 0 Å². The summed E-state index contributed by atoms with van der Waals surface area (Å²) in [6.45, 7) is 17.2. The minimum absolute atomic E-state index is 0.0862. The van der Waals surface area contributed by atoms with Gasteiger partial charge < -0.3 is 14.3 Å². The van der Waals surface area contributed by atoms with Crippen LogP contribution in [0.2, 0.25) is 0 Å². The monoisotopic (exact) mass is 322 g/mol. The average Bonchev–Trinajstić information content (AvgIpc) is 2.35. The predicted molar refractivity (Wildman–Crippen MR) is 97.8 cm³/mol. The lowest BCUT2D eigenvalue weighted by atomic mass is 9.78. The molecule has 0 radical (unpaired) electrons. The minimum Gasteiger partial charge on any atom is -0.507 e. The molecular formula is C20H36NO2+. The van der Waals surface area contributed by atoms with Crippen LogP contribution < -0.4 is 0 Å². The van der Waals surface area contributed by atoms with Gasteiger partial charge in [-0.3, -0.25) is 0 Å². The van der Waals surface area contributed by atoms with E-state index in [1.54, 1.807) is 0 Å². The number of ether oxygens (including phenoxy) is 1. The Kier molecular flexibility index (Phi) is 5.93. The van der Waals surface area contributed by atoms with Gasteiger partial charge in [-0.15, -0.1) is 0 Å². The summed E-state index contributed by atoms with van der Waals surface area (Å²) in [6.07, 6.45) is 0. The van der Waals surface area contributed by atoms with Gasteiger partial charge in [-0.05, 0) is 29.9 Å². The Morgan fingerprint density at radius 2 is 1.39 bits per heavy atom. The van der Waals surface area contributed by atoms with Crippen molar-refractivity contribution in [3.8, 4) is 5.75 Å². The highest BCUT2D eigenvalue weighted by atomic mass is 16.5. The molecule has 0 unspecified atom stereocenters. The molecule has 0 fully saturated rings. The van der Waals surface area contributed by atoms with Crippen LogP contribution in [0.4, 0.5) is 0 Å². The van der Waals surface area contributed by atoms with Gasteiger partial charge in [0.25, 0.3) is 0 Å². The Balaban J connectivity index is 3.34. The second kappa shape index (κ2) is 6.82.